The Bertz CT molecular complexity index is 273. The van der Waals surface area contributed by atoms with Gasteiger partial charge in [0.15, 0.2) is 0 Å². The second-order valence-electron chi connectivity index (χ2n) is 7.14. The van der Waals surface area contributed by atoms with Gasteiger partial charge in [0.2, 0.25) is 0 Å². The average molecular weight is 347 g/mol. The molecule has 0 aromatic heterocycles. The summed E-state index contributed by atoms with van der Waals surface area (Å²) in [6, 6.07) is 1.08. The Labute approximate surface area is 152 Å². The predicted octanol–water partition coefficient (Wildman–Crippen LogP) is 3.76. The van der Waals surface area contributed by atoms with Crippen LogP contribution in [-0.2, 0) is 0 Å². The molecule has 2 N–H and O–H groups in total. The quantitative estimate of drug-likeness (QED) is 0.701. The first-order valence-corrected chi connectivity index (χ1v) is 10.0. The monoisotopic (exact) mass is 346 g/mol. The van der Waals surface area contributed by atoms with Crippen LogP contribution >= 0.6 is 0 Å². The second-order valence-corrected chi connectivity index (χ2v) is 7.14. The number of aliphatic hydroxyl groups is 2. The van der Waals surface area contributed by atoms with Crippen LogP contribution in [-0.4, -0.2) is 71.0 Å². The van der Waals surface area contributed by atoms with E-state index in [1.54, 1.807) is 0 Å². The Balaban J connectivity index is 0. The fraction of sp³-hybridized carbons (Fsp3) is 1.00. The summed E-state index contributed by atoms with van der Waals surface area (Å²) in [6.07, 6.45) is 4.80. The van der Waals surface area contributed by atoms with Crippen LogP contribution in [0.4, 0.5) is 0 Å². The molecule has 0 aromatic rings. The first kappa shape index (κ1) is 26.1. The SMILES string of the molecule is CC.CC.CC1CC(O)CC(C)N1C.CN1CCCC(C)(O)CC1. The van der Waals surface area contributed by atoms with Crippen molar-refractivity contribution in [3.63, 3.8) is 0 Å². The molecule has 3 unspecified atom stereocenters. The largest absolute Gasteiger partial charge is 0.393 e. The molecule has 0 spiro atoms. The van der Waals surface area contributed by atoms with Crippen molar-refractivity contribution in [2.24, 2.45) is 0 Å². The lowest BCUT2D eigenvalue weighted by atomic mass is 9.96. The summed E-state index contributed by atoms with van der Waals surface area (Å²) in [5.41, 5.74) is -0.398. The summed E-state index contributed by atoms with van der Waals surface area (Å²) in [5.74, 6) is 0. The van der Waals surface area contributed by atoms with Crippen molar-refractivity contribution in [3.05, 3.63) is 0 Å². The number of hydrogen-bond donors (Lipinski definition) is 2. The molecule has 2 heterocycles. The van der Waals surface area contributed by atoms with Crippen LogP contribution in [0.5, 0.6) is 0 Å². The molecule has 0 saturated carbocycles. The standard InChI is InChI=1S/2C8H17NO.2C2H6/c1-6-4-8(10)5-7(2)9(6)3;1-8(10)4-3-6-9(2)7-5-8;2*1-2/h6-8,10H,4-5H2,1-3H3;10H,3-7H2,1-2H3;2*1-2H3. The number of piperidine rings is 1. The molecule has 0 bridgehead atoms. The van der Waals surface area contributed by atoms with E-state index in [1.807, 2.05) is 34.6 Å². The molecule has 0 aromatic carbocycles. The highest BCUT2D eigenvalue weighted by atomic mass is 16.3. The number of aliphatic hydroxyl groups excluding tert-OH is 1. The highest BCUT2D eigenvalue weighted by Gasteiger charge is 2.26. The summed E-state index contributed by atoms with van der Waals surface area (Å²) >= 11 is 0. The lowest BCUT2D eigenvalue weighted by Crippen LogP contribution is -2.45. The summed E-state index contributed by atoms with van der Waals surface area (Å²) < 4.78 is 0. The molecule has 2 saturated heterocycles. The number of nitrogens with zero attached hydrogens (tertiary/aromatic N) is 2. The molecule has 0 amide bonds. The Hall–Kier alpha value is -0.160. The third kappa shape index (κ3) is 11.4. The predicted molar refractivity (Wildman–Crippen MR) is 107 cm³/mol. The number of hydrogen-bond acceptors (Lipinski definition) is 4. The zero-order chi connectivity index (χ0) is 19.3. The van der Waals surface area contributed by atoms with Crippen LogP contribution < -0.4 is 0 Å². The third-order valence-corrected chi connectivity index (χ3v) is 4.90. The first-order valence-electron chi connectivity index (χ1n) is 10.0. The highest BCUT2D eigenvalue weighted by molar-refractivity contribution is 4.81. The second kappa shape index (κ2) is 14.1. The molecular weight excluding hydrogens is 300 g/mol. The fourth-order valence-corrected chi connectivity index (χ4v) is 3.05. The Morgan fingerprint density at radius 1 is 0.875 bits per heavy atom. The zero-order valence-corrected chi connectivity index (χ0v) is 18.0. The molecule has 148 valence electrons. The van der Waals surface area contributed by atoms with Gasteiger partial charge in [0, 0.05) is 18.6 Å². The summed E-state index contributed by atoms with van der Waals surface area (Å²) in [7, 11) is 4.24. The molecule has 4 heteroatoms. The van der Waals surface area contributed by atoms with Crippen LogP contribution in [0.15, 0.2) is 0 Å². The topological polar surface area (TPSA) is 46.9 Å². The van der Waals surface area contributed by atoms with Crippen molar-refractivity contribution in [2.45, 2.75) is 104 Å². The van der Waals surface area contributed by atoms with Crippen molar-refractivity contribution in [1.82, 2.24) is 9.80 Å². The third-order valence-electron chi connectivity index (χ3n) is 4.90. The molecule has 2 fully saturated rings. The van der Waals surface area contributed by atoms with E-state index in [2.05, 4.69) is 37.7 Å². The van der Waals surface area contributed by atoms with Gasteiger partial charge >= 0.3 is 0 Å². The van der Waals surface area contributed by atoms with Crippen molar-refractivity contribution in [3.8, 4) is 0 Å². The van der Waals surface area contributed by atoms with Crippen LogP contribution in [0.2, 0.25) is 0 Å². The maximum Gasteiger partial charge on any atom is 0.0632 e. The van der Waals surface area contributed by atoms with Crippen molar-refractivity contribution >= 4 is 0 Å². The van der Waals surface area contributed by atoms with Gasteiger partial charge in [0.25, 0.3) is 0 Å². The minimum absolute atomic E-state index is 0.0683. The summed E-state index contributed by atoms with van der Waals surface area (Å²) in [6.45, 7) is 16.4. The van der Waals surface area contributed by atoms with E-state index in [-0.39, 0.29) is 6.10 Å². The maximum atomic E-state index is 9.65. The normalized spacial score (nSPS) is 34.4. The lowest BCUT2D eigenvalue weighted by molar-refractivity contribution is 0.0290. The molecule has 2 aliphatic heterocycles. The number of likely N-dealkylation sites (tertiary alicyclic amines) is 2. The molecule has 0 radical (unpaired) electrons. The summed E-state index contributed by atoms with van der Waals surface area (Å²) in [5, 5.41) is 19.0. The summed E-state index contributed by atoms with van der Waals surface area (Å²) in [4.78, 5) is 4.61. The van der Waals surface area contributed by atoms with E-state index in [4.69, 9.17) is 0 Å². The van der Waals surface area contributed by atoms with E-state index >= 15 is 0 Å². The Kier molecular flexibility index (Phi) is 15.3. The maximum absolute atomic E-state index is 9.65. The first-order chi connectivity index (χ1) is 11.2. The van der Waals surface area contributed by atoms with Crippen molar-refractivity contribution in [2.75, 3.05) is 27.2 Å². The Morgan fingerprint density at radius 2 is 1.33 bits per heavy atom. The van der Waals surface area contributed by atoms with Crippen LogP contribution in [0.25, 0.3) is 0 Å². The van der Waals surface area contributed by atoms with Gasteiger partial charge in [0.1, 0.15) is 0 Å². The molecule has 2 rings (SSSR count). The molecule has 2 aliphatic rings. The van der Waals surface area contributed by atoms with Gasteiger partial charge in [-0.2, -0.15) is 0 Å². The zero-order valence-electron chi connectivity index (χ0n) is 18.0. The van der Waals surface area contributed by atoms with E-state index < -0.39 is 5.60 Å². The average Bonchev–Trinajstić information content (AvgIpc) is 2.70. The van der Waals surface area contributed by atoms with E-state index in [9.17, 15) is 10.2 Å². The van der Waals surface area contributed by atoms with Crippen molar-refractivity contribution in [1.29, 1.82) is 0 Å². The van der Waals surface area contributed by atoms with Crippen molar-refractivity contribution < 1.29 is 10.2 Å². The van der Waals surface area contributed by atoms with Gasteiger partial charge in [-0.25, -0.2) is 0 Å². The molecular formula is C20H46N2O2. The van der Waals surface area contributed by atoms with Crippen LogP contribution in [0, 0.1) is 0 Å². The van der Waals surface area contributed by atoms with Gasteiger partial charge < -0.3 is 20.0 Å². The molecule has 24 heavy (non-hydrogen) atoms. The number of rotatable bonds is 0. The van der Waals surface area contributed by atoms with E-state index in [0.29, 0.717) is 12.1 Å². The van der Waals surface area contributed by atoms with Gasteiger partial charge in [-0.05, 0) is 73.5 Å². The van der Waals surface area contributed by atoms with Gasteiger partial charge in [-0.15, -0.1) is 0 Å². The molecule has 3 atom stereocenters. The van der Waals surface area contributed by atoms with Crippen LogP contribution in [0.3, 0.4) is 0 Å². The fourth-order valence-electron chi connectivity index (χ4n) is 3.05. The minimum atomic E-state index is -0.398. The smallest absolute Gasteiger partial charge is 0.0632 e. The minimum Gasteiger partial charge on any atom is -0.393 e. The van der Waals surface area contributed by atoms with Gasteiger partial charge in [-0.1, -0.05) is 27.7 Å². The molecule has 4 nitrogen and oxygen atoms in total. The lowest BCUT2D eigenvalue weighted by Gasteiger charge is -2.38. The van der Waals surface area contributed by atoms with Gasteiger partial charge in [-0.3, -0.25) is 0 Å². The van der Waals surface area contributed by atoms with Crippen LogP contribution in [0.1, 0.15) is 80.6 Å². The highest BCUT2D eigenvalue weighted by Crippen LogP contribution is 2.21. The molecule has 0 aliphatic carbocycles. The Morgan fingerprint density at radius 3 is 1.79 bits per heavy atom. The van der Waals surface area contributed by atoms with Gasteiger partial charge in [0.05, 0.1) is 11.7 Å². The van der Waals surface area contributed by atoms with E-state index in [1.165, 1.54) is 0 Å². The van der Waals surface area contributed by atoms with E-state index in [0.717, 1.165) is 45.2 Å².